The third-order valence-electron chi connectivity index (χ3n) is 5.12. The molecule has 1 N–H and O–H groups in total. The van der Waals surface area contributed by atoms with Crippen LogP contribution in [0.5, 0.6) is 0 Å². The van der Waals surface area contributed by atoms with Crippen molar-refractivity contribution in [1.29, 1.82) is 0 Å². The van der Waals surface area contributed by atoms with Gasteiger partial charge in [-0.25, -0.2) is 4.98 Å². The summed E-state index contributed by atoms with van der Waals surface area (Å²) in [6.45, 7) is 5.92. The molecule has 0 bridgehead atoms. The van der Waals surface area contributed by atoms with E-state index in [1.165, 1.54) is 0 Å². The van der Waals surface area contributed by atoms with Gasteiger partial charge in [-0.05, 0) is 45.4 Å². The number of aromatic nitrogens is 3. The van der Waals surface area contributed by atoms with Crippen molar-refractivity contribution in [1.82, 2.24) is 19.7 Å². The van der Waals surface area contributed by atoms with Crippen molar-refractivity contribution < 1.29 is 4.79 Å². The quantitative estimate of drug-likeness (QED) is 0.680. The third-order valence-corrected chi connectivity index (χ3v) is 5.70. The Kier molecular flexibility index (Phi) is 5.54. The minimum absolute atomic E-state index is 0.0650. The first-order chi connectivity index (χ1) is 13.6. The van der Waals surface area contributed by atoms with Crippen LogP contribution in [0.1, 0.15) is 38.3 Å². The first kappa shape index (κ1) is 18.8. The van der Waals surface area contributed by atoms with Crippen LogP contribution >= 0.6 is 11.3 Å². The lowest BCUT2D eigenvalue weighted by molar-refractivity contribution is -0.120. The highest BCUT2D eigenvalue weighted by Gasteiger charge is 2.31. The molecule has 1 aliphatic heterocycles. The van der Waals surface area contributed by atoms with Crippen LogP contribution in [0.4, 0.5) is 5.69 Å². The van der Waals surface area contributed by atoms with E-state index in [1.54, 1.807) is 11.3 Å². The standard InChI is InChI=1S/C21H25N5OS/c1-15(2)26-12-16(10-23-26)11-25-9-3-4-20(25)21(27)24-18-7-5-17(6-8-18)19-13-28-14-22-19/h5-8,10,12-15,20H,3-4,9,11H2,1-2H3,(H,24,27)/t20-/m0/s1. The summed E-state index contributed by atoms with van der Waals surface area (Å²) in [5.41, 5.74) is 5.82. The molecule has 0 unspecified atom stereocenters. The zero-order valence-electron chi connectivity index (χ0n) is 16.2. The number of rotatable bonds is 6. The van der Waals surface area contributed by atoms with Crippen molar-refractivity contribution in [3.05, 3.63) is 53.1 Å². The van der Waals surface area contributed by atoms with Crippen LogP contribution < -0.4 is 5.32 Å². The van der Waals surface area contributed by atoms with E-state index >= 15 is 0 Å². The molecule has 0 spiro atoms. The molecule has 4 rings (SSSR count). The first-order valence-corrected chi connectivity index (χ1v) is 10.6. The van der Waals surface area contributed by atoms with Gasteiger partial charge < -0.3 is 5.32 Å². The van der Waals surface area contributed by atoms with Crippen LogP contribution in [0.15, 0.2) is 47.5 Å². The van der Waals surface area contributed by atoms with Crippen LogP contribution in [0, 0.1) is 0 Å². The van der Waals surface area contributed by atoms with Crippen LogP contribution in [-0.4, -0.2) is 38.2 Å². The van der Waals surface area contributed by atoms with Gasteiger partial charge in [0.05, 0.1) is 23.4 Å². The van der Waals surface area contributed by atoms with Crippen molar-refractivity contribution >= 4 is 22.9 Å². The molecule has 7 heteroatoms. The Bertz CT molecular complexity index is 917. The smallest absolute Gasteiger partial charge is 0.241 e. The van der Waals surface area contributed by atoms with Gasteiger partial charge in [0.25, 0.3) is 0 Å². The molecule has 1 amide bonds. The van der Waals surface area contributed by atoms with Crippen molar-refractivity contribution in [2.24, 2.45) is 0 Å². The fourth-order valence-corrected chi connectivity index (χ4v) is 4.15. The maximum atomic E-state index is 12.9. The Morgan fingerprint density at radius 2 is 2.14 bits per heavy atom. The minimum Gasteiger partial charge on any atom is -0.325 e. The Balaban J connectivity index is 1.39. The molecule has 28 heavy (non-hydrogen) atoms. The molecular formula is C21H25N5OS. The van der Waals surface area contributed by atoms with Crippen molar-refractivity contribution in [3.8, 4) is 11.3 Å². The number of hydrogen-bond acceptors (Lipinski definition) is 5. The number of carbonyl (C=O) groups excluding carboxylic acids is 1. The molecule has 1 aromatic carbocycles. The summed E-state index contributed by atoms with van der Waals surface area (Å²) in [4.78, 5) is 19.4. The molecule has 1 fully saturated rings. The summed E-state index contributed by atoms with van der Waals surface area (Å²) < 4.78 is 1.96. The molecule has 1 saturated heterocycles. The van der Waals surface area contributed by atoms with E-state index in [-0.39, 0.29) is 11.9 Å². The van der Waals surface area contributed by atoms with E-state index < -0.39 is 0 Å². The highest BCUT2D eigenvalue weighted by Crippen LogP contribution is 2.24. The molecule has 0 radical (unpaired) electrons. The number of thiazole rings is 1. The van der Waals surface area contributed by atoms with E-state index in [9.17, 15) is 4.79 Å². The highest BCUT2D eigenvalue weighted by atomic mass is 32.1. The summed E-state index contributed by atoms with van der Waals surface area (Å²) in [6.07, 6.45) is 5.92. The molecule has 1 atom stereocenters. The SMILES string of the molecule is CC(C)n1cc(CN2CCC[C@H]2C(=O)Nc2ccc(-c3cscn3)cc2)cn1. The monoisotopic (exact) mass is 395 g/mol. The number of benzene rings is 1. The van der Waals surface area contributed by atoms with Crippen LogP contribution in [-0.2, 0) is 11.3 Å². The Morgan fingerprint density at radius 1 is 1.32 bits per heavy atom. The second-order valence-electron chi connectivity index (χ2n) is 7.49. The molecule has 3 aromatic rings. The molecule has 0 aliphatic carbocycles. The maximum absolute atomic E-state index is 12.9. The number of carbonyl (C=O) groups is 1. The van der Waals surface area contributed by atoms with Crippen molar-refractivity contribution in [2.45, 2.75) is 45.3 Å². The van der Waals surface area contributed by atoms with E-state index in [2.05, 4.69) is 40.3 Å². The van der Waals surface area contributed by atoms with Gasteiger partial charge in [-0.1, -0.05) is 12.1 Å². The van der Waals surface area contributed by atoms with Gasteiger partial charge in [0.1, 0.15) is 0 Å². The maximum Gasteiger partial charge on any atom is 0.241 e. The lowest BCUT2D eigenvalue weighted by Crippen LogP contribution is -2.39. The van der Waals surface area contributed by atoms with Crippen molar-refractivity contribution in [3.63, 3.8) is 0 Å². The van der Waals surface area contributed by atoms with Gasteiger partial charge in [0.2, 0.25) is 5.91 Å². The van der Waals surface area contributed by atoms with E-state index in [0.29, 0.717) is 6.04 Å². The molecule has 146 valence electrons. The zero-order valence-corrected chi connectivity index (χ0v) is 17.0. The number of hydrogen-bond donors (Lipinski definition) is 1. The van der Waals surface area contributed by atoms with Crippen LogP contribution in [0.25, 0.3) is 11.3 Å². The normalized spacial score (nSPS) is 17.3. The Morgan fingerprint density at radius 3 is 2.82 bits per heavy atom. The average Bonchev–Trinajstić information content (AvgIpc) is 3.44. The number of nitrogens with one attached hydrogen (secondary N) is 1. The Labute approximate surface area is 169 Å². The number of anilines is 1. The summed E-state index contributed by atoms with van der Waals surface area (Å²) in [5.74, 6) is 0.0650. The molecule has 6 nitrogen and oxygen atoms in total. The lowest BCUT2D eigenvalue weighted by atomic mass is 10.1. The van der Waals surface area contributed by atoms with Gasteiger partial charge >= 0.3 is 0 Å². The van der Waals surface area contributed by atoms with E-state index in [0.717, 1.165) is 48.4 Å². The van der Waals surface area contributed by atoms with Gasteiger partial charge in [-0.15, -0.1) is 11.3 Å². The van der Waals surface area contributed by atoms with E-state index in [1.807, 2.05) is 46.0 Å². The molecule has 3 heterocycles. The third kappa shape index (κ3) is 4.15. The number of likely N-dealkylation sites (tertiary alicyclic amines) is 1. The molecule has 0 saturated carbocycles. The van der Waals surface area contributed by atoms with E-state index in [4.69, 9.17) is 0 Å². The lowest BCUT2D eigenvalue weighted by Gasteiger charge is -2.23. The largest absolute Gasteiger partial charge is 0.325 e. The van der Waals surface area contributed by atoms with Gasteiger partial charge in [0.15, 0.2) is 0 Å². The molecule has 1 aliphatic rings. The van der Waals surface area contributed by atoms with Crippen LogP contribution in [0.2, 0.25) is 0 Å². The minimum atomic E-state index is -0.0967. The first-order valence-electron chi connectivity index (χ1n) is 9.67. The summed E-state index contributed by atoms with van der Waals surface area (Å²) >= 11 is 1.58. The Hall–Kier alpha value is -2.51. The predicted octanol–water partition coefficient (Wildman–Crippen LogP) is 4.19. The summed E-state index contributed by atoms with van der Waals surface area (Å²) in [6, 6.07) is 8.13. The fourth-order valence-electron chi connectivity index (χ4n) is 3.59. The van der Waals surface area contributed by atoms with Gasteiger partial charge in [-0.3, -0.25) is 14.4 Å². The predicted molar refractivity (Wildman–Crippen MR) is 112 cm³/mol. The average molecular weight is 396 g/mol. The topological polar surface area (TPSA) is 63.1 Å². The summed E-state index contributed by atoms with van der Waals surface area (Å²) in [5, 5.41) is 9.51. The number of nitrogens with zero attached hydrogens (tertiary/aromatic N) is 4. The van der Waals surface area contributed by atoms with Crippen LogP contribution in [0.3, 0.4) is 0 Å². The second kappa shape index (κ2) is 8.24. The van der Waals surface area contributed by atoms with Gasteiger partial charge in [0, 0.05) is 41.0 Å². The fraction of sp³-hybridized carbons (Fsp3) is 0.381. The number of amides is 1. The highest BCUT2D eigenvalue weighted by molar-refractivity contribution is 7.07. The molecule has 2 aromatic heterocycles. The zero-order chi connectivity index (χ0) is 19.5. The second-order valence-corrected chi connectivity index (χ2v) is 8.21. The van der Waals surface area contributed by atoms with Crippen molar-refractivity contribution in [2.75, 3.05) is 11.9 Å². The summed E-state index contributed by atoms with van der Waals surface area (Å²) in [7, 11) is 0. The molecular weight excluding hydrogens is 370 g/mol. The van der Waals surface area contributed by atoms with Gasteiger partial charge in [-0.2, -0.15) is 5.10 Å².